The molecular formula is C19H25NO4. The van der Waals surface area contributed by atoms with Gasteiger partial charge in [0.15, 0.2) is 6.10 Å². The quantitative estimate of drug-likeness (QED) is 0.665. The third-order valence-electron chi connectivity index (χ3n) is 4.95. The molecule has 130 valence electrons. The van der Waals surface area contributed by atoms with Crippen LogP contribution in [0.5, 0.6) is 0 Å². The molecule has 1 aliphatic carbocycles. The van der Waals surface area contributed by atoms with Gasteiger partial charge in [0, 0.05) is 13.0 Å². The Labute approximate surface area is 142 Å². The second-order valence-corrected chi connectivity index (χ2v) is 6.72. The van der Waals surface area contributed by atoms with Crippen LogP contribution in [0.25, 0.3) is 0 Å². The fourth-order valence-corrected chi connectivity index (χ4v) is 3.51. The van der Waals surface area contributed by atoms with E-state index in [1.165, 1.54) is 19.3 Å². The predicted octanol–water partition coefficient (Wildman–Crippen LogP) is 2.48. The summed E-state index contributed by atoms with van der Waals surface area (Å²) in [5.41, 5.74) is 1.41. The Hall–Kier alpha value is -1.88. The number of hydrogen-bond acceptors (Lipinski definition) is 4. The molecule has 1 aliphatic heterocycles. The van der Waals surface area contributed by atoms with Crippen LogP contribution in [0.1, 0.15) is 48.5 Å². The highest BCUT2D eigenvalue weighted by Crippen LogP contribution is 2.26. The SMILES string of the molecule is C[C@@H]1CCCC[C@H]1OCCNC(=O)[C@H]1Cc2ccccc2C(=O)O1. The molecule has 1 aromatic carbocycles. The molecule has 1 amide bonds. The number of nitrogens with one attached hydrogen (secondary N) is 1. The van der Waals surface area contributed by atoms with Gasteiger partial charge in [-0.25, -0.2) is 4.79 Å². The van der Waals surface area contributed by atoms with Crippen molar-refractivity contribution in [2.24, 2.45) is 5.92 Å². The maximum absolute atomic E-state index is 12.2. The van der Waals surface area contributed by atoms with E-state index in [0.29, 0.717) is 37.2 Å². The molecule has 5 nitrogen and oxygen atoms in total. The zero-order chi connectivity index (χ0) is 16.9. The van der Waals surface area contributed by atoms with E-state index in [-0.39, 0.29) is 5.91 Å². The molecule has 0 aromatic heterocycles. The summed E-state index contributed by atoms with van der Waals surface area (Å²) in [5.74, 6) is -0.0901. The summed E-state index contributed by atoms with van der Waals surface area (Å²) in [4.78, 5) is 24.2. The summed E-state index contributed by atoms with van der Waals surface area (Å²) in [7, 11) is 0. The van der Waals surface area contributed by atoms with E-state index >= 15 is 0 Å². The second kappa shape index (κ2) is 7.79. The maximum atomic E-state index is 12.2. The van der Waals surface area contributed by atoms with Crippen molar-refractivity contribution in [3.05, 3.63) is 35.4 Å². The van der Waals surface area contributed by atoms with E-state index in [0.717, 1.165) is 12.0 Å². The summed E-state index contributed by atoms with van der Waals surface area (Å²) in [6, 6.07) is 7.25. The maximum Gasteiger partial charge on any atom is 0.339 e. The highest BCUT2D eigenvalue weighted by Gasteiger charge is 2.30. The minimum Gasteiger partial charge on any atom is -0.448 e. The first-order valence-corrected chi connectivity index (χ1v) is 8.83. The molecule has 1 heterocycles. The molecule has 1 N–H and O–H groups in total. The van der Waals surface area contributed by atoms with Crippen LogP contribution in [0.15, 0.2) is 24.3 Å². The van der Waals surface area contributed by atoms with E-state index in [1.54, 1.807) is 12.1 Å². The van der Waals surface area contributed by atoms with Crippen LogP contribution >= 0.6 is 0 Å². The molecule has 5 heteroatoms. The van der Waals surface area contributed by atoms with Crippen molar-refractivity contribution in [3.8, 4) is 0 Å². The predicted molar refractivity (Wildman–Crippen MR) is 89.7 cm³/mol. The number of ether oxygens (including phenoxy) is 2. The molecule has 2 aliphatic rings. The summed E-state index contributed by atoms with van der Waals surface area (Å²) < 4.78 is 11.1. The lowest BCUT2D eigenvalue weighted by Gasteiger charge is -2.29. The third kappa shape index (κ3) is 3.96. The zero-order valence-corrected chi connectivity index (χ0v) is 14.1. The van der Waals surface area contributed by atoms with Gasteiger partial charge in [0.1, 0.15) is 0 Å². The van der Waals surface area contributed by atoms with Crippen molar-refractivity contribution in [2.75, 3.05) is 13.2 Å². The Morgan fingerprint density at radius 3 is 2.92 bits per heavy atom. The van der Waals surface area contributed by atoms with Crippen LogP contribution in [0, 0.1) is 5.92 Å². The summed E-state index contributed by atoms with van der Waals surface area (Å²) in [6.07, 6.45) is 4.80. The van der Waals surface area contributed by atoms with Crippen molar-refractivity contribution in [1.82, 2.24) is 5.32 Å². The van der Waals surface area contributed by atoms with E-state index in [1.807, 2.05) is 12.1 Å². The fourth-order valence-electron chi connectivity index (χ4n) is 3.51. The molecule has 1 saturated carbocycles. The van der Waals surface area contributed by atoms with E-state index in [9.17, 15) is 9.59 Å². The molecule has 0 unspecified atom stereocenters. The lowest BCUT2D eigenvalue weighted by molar-refractivity contribution is -0.130. The standard InChI is InChI=1S/C19H25NO4/c1-13-6-2-5-9-16(13)23-11-10-20-18(21)17-12-14-7-3-4-8-15(14)19(22)24-17/h3-4,7-8,13,16-17H,2,5-6,9-12H2,1H3,(H,20,21)/t13-,16-,17-/m1/s1. The Bertz CT molecular complexity index is 601. The fraction of sp³-hybridized carbons (Fsp3) is 0.579. The van der Waals surface area contributed by atoms with Gasteiger partial charge < -0.3 is 14.8 Å². The molecule has 1 fully saturated rings. The molecular weight excluding hydrogens is 306 g/mol. The molecule has 0 spiro atoms. The summed E-state index contributed by atoms with van der Waals surface area (Å²) >= 11 is 0. The highest BCUT2D eigenvalue weighted by molar-refractivity contribution is 5.95. The number of carbonyl (C=O) groups excluding carboxylic acids is 2. The van der Waals surface area contributed by atoms with Crippen LogP contribution in [-0.4, -0.2) is 37.2 Å². The van der Waals surface area contributed by atoms with Crippen molar-refractivity contribution in [2.45, 2.75) is 51.2 Å². The number of carbonyl (C=O) groups is 2. The van der Waals surface area contributed by atoms with E-state index < -0.39 is 12.1 Å². The first-order valence-electron chi connectivity index (χ1n) is 8.83. The van der Waals surface area contributed by atoms with Crippen molar-refractivity contribution in [3.63, 3.8) is 0 Å². The molecule has 3 rings (SSSR count). The zero-order valence-electron chi connectivity index (χ0n) is 14.1. The Morgan fingerprint density at radius 2 is 2.08 bits per heavy atom. The van der Waals surface area contributed by atoms with E-state index in [2.05, 4.69) is 12.2 Å². The van der Waals surface area contributed by atoms with Crippen LogP contribution in [0.2, 0.25) is 0 Å². The summed E-state index contributed by atoms with van der Waals surface area (Å²) in [5, 5.41) is 2.82. The van der Waals surface area contributed by atoms with Gasteiger partial charge in [-0.3, -0.25) is 4.79 Å². The normalized spacial score (nSPS) is 26.4. The number of fused-ring (bicyclic) bond motifs is 1. The number of esters is 1. The van der Waals surface area contributed by atoms with E-state index in [4.69, 9.17) is 9.47 Å². The van der Waals surface area contributed by atoms with Crippen molar-refractivity contribution < 1.29 is 19.1 Å². The average Bonchev–Trinajstić information content (AvgIpc) is 2.60. The minimum absolute atomic E-state index is 0.252. The van der Waals surface area contributed by atoms with Crippen LogP contribution < -0.4 is 5.32 Å². The Morgan fingerprint density at radius 1 is 1.29 bits per heavy atom. The minimum atomic E-state index is -0.749. The molecule has 0 bridgehead atoms. The second-order valence-electron chi connectivity index (χ2n) is 6.72. The molecule has 1 aromatic rings. The average molecular weight is 331 g/mol. The number of cyclic esters (lactones) is 1. The highest BCUT2D eigenvalue weighted by atomic mass is 16.5. The van der Waals surface area contributed by atoms with Gasteiger partial charge in [-0.15, -0.1) is 0 Å². The molecule has 0 saturated heterocycles. The number of benzene rings is 1. The molecule has 3 atom stereocenters. The van der Waals surface area contributed by atoms with Crippen molar-refractivity contribution in [1.29, 1.82) is 0 Å². The molecule has 0 radical (unpaired) electrons. The number of rotatable bonds is 5. The van der Waals surface area contributed by atoms with Gasteiger partial charge in [-0.1, -0.05) is 38.0 Å². The number of amides is 1. The molecule has 24 heavy (non-hydrogen) atoms. The van der Waals surface area contributed by atoms with Gasteiger partial charge in [0.2, 0.25) is 0 Å². The lowest BCUT2D eigenvalue weighted by Crippen LogP contribution is -2.43. The lowest BCUT2D eigenvalue weighted by atomic mass is 9.88. The van der Waals surface area contributed by atoms with Crippen LogP contribution in [0.3, 0.4) is 0 Å². The Kier molecular flexibility index (Phi) is 5.51. The van der Waals surface area contributed by atoms with Gasteiger partial charge in [-0.2, -0.15) is 0 Å². The van der Waals surface area contributed by atoms with Gasteiger partial charge in [0.25, 0.3) is 5.91 Å². The van der Waals surface area contributed by atoms with Crippen molar-refractivity contribution >= 4 is 11.9 Å². The van der Waals surface area contributed by atoms with Gasteiger partial charge >= 0.3 is 5.97 Å². The largest absolute Gasteiger partial charge is 0.448 e. The van der Waals surface area contributed by atoms with Crippen LogP contribution in [-0.2, 0) is 20.7 Å². The first-order chi connectivity index (χ1) is 11.6. The number of hydrogen-bond donors (Lipinski definition) is 1. The topological polar surface area (TPSA) is 64.6 Å². The third-order valence-corrected chi connectivity index (χ3v) is 4.95. The first kappa shape index (κ1) is 17.0. The van der Waals surface area contributed by atoms with Gasteiger partial charge in [0.05, 0.1) is 18.3 Å². The summed E-state index contributed by atoms with van der Waals surface area (Å²) in [6.45, 7) is 3.16. The smallest absolute Gasteiger partial charge is 0.339 e. The Balaban J connectivity index is 1.44. The van der Waals surface area contributed by atoms with Gasteiger partial charge in [-0.05, 0) is 30.4 Å². The van der Waals surface area contributed by atoms with Crippen LogP contribution in [0.4, 0.5) is 0 Å². The monoisotopic (exact) mass is 331 g/mol.